The SMILES string of the molecule is Cc1sc2c(c1C)C(c1ccc(Cl)cc1)=NC(CC(=O)NCCCC(=O)Nc1ccc(C(F)(F)F)c(C#CCN)c1)c1nnc(C)n1-2. The van der Waals surface area contributed by atoms with Gasteiger partial charge in [0, 0.05) is 45.2 Å². The Morgan fingerprint density at radius 1 is 1.09 bits per heavy atom. The lowest BCUT2D eigenvalue weighted by atomic mass is 9.99. The van der Waals surface area contributed by atoms with Gasteiger partial charge in [-0.05, 0) is 63.1 Å². The number of nitrogens with one attached hydrogen (secondary N) is 2. The Hall–Kier alpha value is -4.51. The van der Waals surface area contributed by atoms with Crippen molar-refractivity contribution in [2.75, 3.05) is 18.4 Å². The van der Waals surface area contributed by atoms with E-state index in [1.54, 1.807) is 23.5 Å². The van der Waals surface area contributed by atoms with E-state index in [2.05, 4.69) is 39.6 Å². The van der Waals surface area contributed by atoms with Crippen LogP contribution in [0.2, 0.25) is 5.02 Å². The molecule has 3 heterocycles. The third kappa shape index (κ3) is 7.56. The molecule has 0 aliphatic carbocycles. The molecular formula is C33H31ClF3N7O2S. The van der Waals surface area contributed by atoms with Gasteiger partial charge in [0.15, 0.2) is 5.82 Å². The maximum atomic E-state index is 13.3. The molecule has 47 heavy (non-hydrogen) atoms. The van der Waals surface area contributed by atoms with E-state index >= 15 is 0 Å². The number of fused-ring (bicyclic) bond motifs is 3. The number of hydrogen-bond donors (Lipinski definition) is 3. The van der Waals surface area contributed by atoms with Crippen LogP contribution in [0.3, 0.4) is 0 Å². The second kappa shape index (κ2) is 14.1. The monoisotopic (exact) mass is 681 g/mol. The van der Waals surface area contributed by atoms with Crippen molar-refractivity contribution in [1.29, 1.82) is 0 Å². The van der Waals surface area contributed by atoms with Crippen molar-refractivity contribution in [1.82, 2.24) is 20.1 Å². The molecule has 1 unspecified atom stereocenters. The second-order valence-electron chi connectivity index (χ2n) is 10.9. The minimum absolute atomic E-state index is 0.00738. The smallest absolute Gasteiger partial charge is 0.356 e. The summed E-state index contributed by atoms with van der Waals surface area (Å²) in [5, 5.41) is 15.7. The molecule has 0 fully saturated rings. The highest BCUT2D eigenvalue weighted by Gasteiger charge is 2.34. The molecule has 2 aromatic carbocycles. The number of aliphatic imine (C=N–C) groups is 1. The summed E-state index contributed by atoms with van der Waals surface area (Å²) in [6, 6.07) is 9.97. The van der Waals surface area contributed by atoms with Crippen LogP contribution >= 0.6 is 22.9 Å². The molecule has 2 aromatic heterocycles. The minimum Gasteiger partial charge on any atom is -0.356 e. The molecule has 244 valence electrons. The Labute approximate surface area is 278 Å². The number of thiophene rings is 1. The summed E-state index contributed by atoms with van der Waals surface area (Å²) in [4.78, 5) is 31.9. The van der Waals surface area contributed by atoms with Crippen molar-refractivity contribution < 1.29 is 22.8 Å². The molecule has 14 heteroatoms. The quantitative estimate of drug-likeness (QED) is 0.154. The van der Waals surface area contributed by atoms with E-state index in [-0.39, 0.29) is 43.1 Å². The largest absolute Gasteiger partial charge is 0.417 e. The lowest BCUT2D eigenvalue weighted by Gasteiger charge is -2.13. The summed E-state index contributed by atoms with van der Waals surface area (Å²) in [7, 11) is 0. The van der Waals surface area contributed by atoms with Gasteiger partial charge < -0.3 is 16.4 Å². The zero-order valence-corrected chi connectivity index (χ0v) is 27.3. The lowest BCUT2D eigenvalue weighted by Crippen LogP contribution is -2.27. The van der Waals surface area contributed by atoms with Crippen molar-refractivity contribution in [3.05, 3.63) is 91.8 Å². The summed E-state index contributed by atoms with van der Waals surface area (Å²) in [5.74, 6) is 5.35. The van der Waals surface area contributed by atoms with Crippen molar-refractivity contribution in [3.8, 4) is 16.8 Å². The van der Waals surface area contributed by atoms with Crippen LogP contribution in [0.1, 0.15) is 69.6 Å². The fraction of sp³-hybridized carbons (Fsp3) is 0.303. The number of amides is 2. The first-order chi connectivity index (χ1) is 22.4. The number of hydrogen-bond acceptors (Lipinski definition) is 7. The van der Waals surface area contributed by atoms with Gasteiger partial charge in [0.05, 0.1) is 24.2 Å². The molecule has 1 atom stereocenters. The van der Waals surface area contributed by atoms with Gasteiger partial charge in [-0.3, -0.25) is 19.1 Å². The third-order valence-corrected chi connectivity index (χ3v) is 9.02. The van der Waals surface area contributed by atoms with Crippen LogP contribution in [-0.2, 0) is 15.8 Å². The van der Waals surface area contributed by atoms with Gasteiger partial charge in [0.1, 0.15) is 16.9 Å². The number of nitrogens with two attached hydrogens (primary N) is 1. The van der Waals surface area contributed by atoms with Gasteiger partial charge in [0.2, 0.25) is 11.8 Å². The molecule has 0 spiro atoms. The fourth-order valence-electron chi connectivity index (χ4n) is 5.20. The van der Waals surface area contributed by atoms with Crippen LogP contribution in [0.15, 0.2) is 47.5 Å². The molecule has 5 rings (SSSR count). The first-order valence-electron chi connectivity index (χ1n) is 14.7. The number of aryl methyl sites for hydroxylation is 2. The second-order valence-corrected chi connectivity index (χ2v) is 12.5. The van der Waals surface area contributed by atoms with E-state index in [4.69, 9.17) is 22.3 Å². The van der Waals surface area contributed by atoms with Gasteiger partial charge >= 0.3 is 6.18 Å². The number of carbonyl (C=O) groups excluding carboxylic acids is 2. The van der Waals surface area contributed by atoms with Crippen molar-refractivity contribution in [3.63, 3.8) is 0 Å². The van der Waals surface area contributed by atoms with Gasteiger partial charge in [-0.1, -0.05) is 35.6 Å². The number of anilines is 1. The molecule has 0 saturated carbocycles. The van der Waals surface area contributed by atoms with Gasteiger partial charge in [0.25, 0.3) is 0 Å². The highest BCUT2D eigenvalue weighted by Crippen LogP contribution is 2.39. The molecule has 9 nitrogen and oxygen atoms in total. The van der Waals surface area contributed by atoms with E-state index in [1.807, 2.05) is 30.5 Å². The zero-order valence-electron chi connectivity index (χ0n) is 25.8. The third-order valence-electron chi connectivity index (χ3n) is 7.57. The number of nitrogens with zero attached hydrogens (tertiary/aromatic N) is 4. The Morgan fingerprint density at radius 2 is 1.83 bits per heavy atom. The number of rotatable bonds is 8. The van der Waals surface area contributed by atoms with E-state index in [9.17, 15) is 22.8 Å². The number of aromatic nitrogens is 3. The molecule has 4 aromatic rings. The van der Waals surface area contributed by atoms with Crippen molar-refractivity contribution in [2.45, 2.75) is 52.3 Å². The Kier molecular flexibility index (Phi) is 10.1. The van der Waals surface area contributed by atoms with Gasteiger partial charge in [-0.15, -0.1) is 21.5 Å². The average molecular weight is 682 g/mol. The first-order valence-corrected chi connectivity index (χ1v) is 15.9. The maximum absolute atomic E-state index is 13.3. The highest BCUT2D eigenvalue weighted by molar-refractivity contribution is 7.15. The first kappa shape index (κ1) is 33.8. The van der Waals surface area contributed by atoms with E-state index in [0.717, 1.165) is 38.3 Å². The fourth-order valence-corrected chi connectivity index (χ4v) is 6.54. The number of halogens is 4. The molecule has 2 amide bonds. The van der Waals surface area contributed by atoms with Crippen LogP contribution in [0.4, 0.5) is 18.9 Å². The van der Waals surface area contributed by atoms with E-state index < -0.39 is 23.7 Å². The van der Waals surface area contributed by atoms with Crippen LogP contribution in [0, 0.1) is 32.6 Å². The number of benzene rings is 2. The molecule has 0 bridgehead atoms. The topological polar surface area (TPSA) is 127 Å². The summed E-state index contributed by atoms with van der Waals surface area (Å²) >= 11 is 7.79. The normalized spacial score (nSPS) is 13.9. The zero-order chi connectivity index (χ0) is 33.9. The minimum atomic E-state index is -4.60. The van der Waals surface area contributed by atoms with Crippen LogP contribution in [0.5, 0.6) is 0 Å². The predicted octanol–water partition coefficient (Wildman–Crippen LogP) is 6.05. The Morgan fingerprint density at radius 3 is 2.53 bits per heavy atom. The molecule has 1 aliphatic heterocycles. The number of carbonyl (C=O) groups is 2. The Balaban J connectivity index is 1.26. The van der Waals surface area contributed by atoms with Crippen molar-refractivity contribution in [2.24, 2.45) is 10.7 Å². The van der Waals surface area contributed by atoms with Crippen molar-refractivity contribution >= 4 is 46.2 Å². The average Bonchev–Trinajstić information content (AvgIpc) is 3.50. The van der Waals surface area contributed by atoms with E-state index in [0.29, 0.717) is 23.1 Å². The molecule has 1 aliphatic rings. The standard InChI is InChI=1S/C33H31ClF3N7O2S/c1-18-19(2)47-32-29(18)30(21-8-10-23(34)11-9-21)41-26(31-43-42-20(3)44(31)32)17-28(46)39-15-5-7-27(45)40-24-12-13-25(33(35,36)37)22(16-24)6-4-14-38/h8-13,16,26H,5,7,14-15,17,38H2,1-3H3,(H,39,46)(H,40,45). The summed E-state index contributed by atoms with van der Waals surface area (Å²) in [5.41, 5.74) is 7.93. The van der Waals surface area contributed by atoms with Crippen LogP contribution in [-0.4, -0.2) is 45.4 Å². The molecule has 0 radical (unpaired) electrons. The number of alkyl halides is 3. The Bertz CT molecular complexity index is 1920. The molecule has 4 N–H and O–H groups in total. The maximum Gasteiger partial charge on any atom is 0.417 e. The summed E-state index contributed by atoms with van der Waals surface area (Å²) in [6.07, 6.45) is -4.28. The summed E-state index contributed by atoms with van der Waals surface area (Å²) in [6.45, 7) is 6.05. The predicted molar refractivity (Wildman–Crippen MR) is 176 cm³/mol. The van der Waals surface area contributed by atoms with E-state index in [1.165, 1.54) is 12.1 Å². The molecular weight excluding hydrogens is 651 g/mol. The van der Waals surface area contributed by atoms with Gasteiger partial charge in [-0.2, -0.15) is 13.2 Å². The van der Waals surface area contributed by atoms with Crippen LogP contribution in [0.25, 0.3) is 5.00 Å². The highest BCUT2D eigenvalue weighted by atomic mass is 35.5. The van der Waals surface area contributed by atoms with Crippen LogP contribution < -0.4 is 16.4 Å². The lowest BCUT2D eigenvalue weighted by molar-refractivity contribution is -0.137. The molecule has 0 saturated heterocycles. The summed E-state index contributed by atoms with van der Waals surface area (Å²) < 4.78 is 42.0. The van der Waals surface area contributed by atoms with Gasteiger partial charge in [-0.25, -0.2) is 0 Å².